The van der Waals surface area contributed by atoms with Crippen LogP contribution in [0.2, 0.25) is 0 Å². The van der Waals surface area contributed by atoms with Crippen LogP contribution in [-0.2, 0) is 6.61 Å². The Morgan fingerprint density at radius 2 is 1.86 bits per heavy atom. The number of fused-ring (bicyclic) bond motifs is 1. The lowest BCUT2D eigenvalue weighted by atomic mass is 10.1. The Morgan fingerprint density at radius 3 is 2.57 bits per heavy atom. The van der Waals surface area contributed by atoms with Crippen molar-refractivity contribution in [2.24, 2.45) is 0 Å². The minimum absolute atomic E-state index is 0.0585. The number of hydrogen-bond acceptors (Lipinski definition) is 10. The van der Waals surface area contributed by atoms with E-state index in [1.54, 1.807) is 0 Å². The van der Waals surface area contributed by atoms with Gasteiger partial charge < -0.3 is 20.8 Å². The minimum Gasteiger partial charge on any atom is -0.476 e. The van der Waals surface area contributed by atoms with Gasteiger partial charge in [0.25, 0.3) is 0 Å². The summed E-state index contributed by atoms with van der Waals surface area (Å²) >= 11 is 2.63. The number of aliphatic hydroxyl groups is 1. The molecule has 0 spiro atoms. The van der Waals surface area contributed by atoms with E-state index in [9.17, 15) is 9.90 Å². The van der Waals surface area contributed by atoms with Gasteiger partial charge in [0.1, 0.15) is 0 Å². The van der Waals surface area contributed by atoms with Gasteiger partial charge in [-0.3, -0.25) is 0 Å². The monoisotopic (exact) mass is 414 g/mol. The third-order valence-corrected chi connectivity index (χ3v) is 5.68. The quantitative estimate of drug-likeness (QED) is 0.374. The normalized spacial score (nSPS) is 10.9. The van der Waals surface area contributed by atoms with Gasteiger partial charge in [-0.1, -0.05) is 23.5 Å². The molecule has 0 unspecified atom stereocenters. The van der Waals surface area contributed by atoms with Crippen LogP contribution >= 0.6 is 22.7 Å². The molecule has 0 aliphatic carbocycles. The fraction of sp³-hybridized carbons (Fsp3) is 0.118. The average molecular weight is 414 g/mol. The maximum atomic E-state index is 11.0. The van der Waals surface area contributed by atoms with Crippen LogP contribution in [0.25, 0.3) is 10.2 Å². The molecule has 0 bridgehead atoms. The van der Waals surface area contributed by atoms with Crippen molar-refractivity contribution in [3.05, 3.63) is 46.5 Å². The van der Waals surface area contributed by atoms with Crippen LogP contribution in [0.5, 0.6) is 0 Å². The lowest BCUT2D eigenvalue weighted by molar-refractivity contribution is 0.0691. The van der Waals surface area contributed by atoms with E-state index in [4.69, 9.17) is 5.11 Å². The van der Waals surface area contributed by atoms with Crippen LogP contribution in [0.15, 0.2) is 29.6 Å². The Labute approximate surface area is 166 Å². The SMILES string of the molecule is Cc1c(Nc2nc3ccccc3s2)nnc(Nc2nc(C(=O)O)cs2)c1CO. The van der Waals surface area contributed by atoms with Crippen LogP contribution in [0.3, 0.4) is 0 Å². The van der Waals surface area contributed by atoms with Gasteiger partial charge in [-0.15, -0.1) is 21.5 Å². The van der Waals surface area contributed by atoms with Crippen molar-refractivity contribution in [3.63, 3.8) is 0 Å². The van der Waals surface area contributed by atoms with E-state index in [1.165, 1.54) is 16.7 Å². The van der Waals surface area contributed by atoms with Crippen LogP contribution < -0.4 is 10.6 Å². The van der Waals surface area contributed by atoms with Gasteiger partial charge >= 0.3 is 5.97 Å². The van der Waals surface area contributed by atoms with Crippen molar-refractivity contribution in [1.82, 2.24) is 20.2 Å². The molecule has 11 heteroatoms. The fourth-order valence-corrected chi connectivity index (χ4v) is 4.07. The molecule has 0 atom stereocenters. The van der Waals surface area contributed by atoms with Crippen molar-refractivity contribution in [2.45, 2.75) is 13.5 Å². The fourth-order valence-electron chi connectivity index (χ4n) is 2.53. The van der Waals surface area contributed by atoms with Gasteiger partial charge in [0.05, 0.1) is 16.8 Å². The number of hydrogen-bond donors (Lipinski definition) is 4. The lowest BCUT2D eigenvalue weighted by Gasteiger charge is -2.12. The molecule has 0 aliphatic rings. The highest BCUT2D eigenvalue weighted by atomic mass is 32.1. The number of para-hydroxylation sites is 1. The molecule has 0 aliphatic heterocycles. The number of carbonyl (C=O) groups is 1. The smallest absolute Gasteiger partial charge is 0.355 e. The zero-order valence-electron chi connectivity index (χ0n) is 14.5. The molecule has 0 saturated heterocycles. The Hall–Kier alpha value is -3.15. The predicted molar refractivity (Wildman–Crippen MR) is 108 cm³/mol. The summed E-state index contributed by atoms with van der Waals surface area (Å²) in [5.74, 6) is -0.301. The zero-order chi connectivity index (χ0) is 19.7. The van der Waals surface area contributed by atoms with Crippen molar-refractivity contribution in [1.29, 1.82) is 0 Å². The Balaban J connectivity index is 1.62. The molecular weight excluding hydrogens is 400 g/mol. The Kier molecular flexibility index (Phi) is 4.86. The minimum atomic E-state index is -1.11. The highest BCUT2D eigenvalue weighted by Gasteiger charge is 2.16. The van der Waals surface area contributed by atoms with Gasteiger partial charge in [0.15, 0.2) is 27.6 Å². The molecule has 142 valence electrons. The van der Waals surface area contributed by atoms with Crippen molar-refractivity contribution in [2.75, 3.05) is 10.6 Å². The molecule has 4 rings (SSSR count). The number of rotatable bonds is 6. The van der Waals surface area contributed by atoms with Gasteiger partial charge in [-0.25, -0.2) is 14.8 Å². The molecule has 0 radical (unpaired) electrons. The van der Waals surface area contributed by atoms with E-state index < -0.39 is 5.97 Å². The number of aliphatic hydroxyl groups excluding tert-OH is 1. The number of nitrogens with one attached hydrogen (secondary N) is 2. The number of carboxylic acids is 1. The first-order chi connectivity index (χ1) is 13.5. The second-order valence-electron chi connectivity index (χ2n) is 5.74. The summed E-state index contributed by atoms with van der Waals surface area (Å²) in [6, 6.07) is 7.80. The summed E-state index contributed by atoms with van der Waals surface area (Å²) < 4.78 is 1.05. The largest absolute Gasteiger partial charge is 0.476 e. The molecule has 3 heterocycles. The highest BCUT2D eigenvalue weighted by Crippen LogP contribution is 2.31. The van der Waals surface area contributed by atoms with Crippen LogP contribution in [0.1, 0.15) is 21.6 Å². The number of aromatic carboxylic acids is 1. The first-order valence-electron chi connectivity index (χ1n) is 8.10. The molecule has 4 N–H and O–H groups in total. The van der Waals surface area contributed by atoms with Crippen LogP contribution in [0.4, 0.5) is 21.9 Å². The topological polar surface area (TPSA) is 133 Å². The summed E-state index contributed by atoms with van der Waals surface area (Å²) in [4.78, 5) is 19.4. The summed E-state index contributed by atoms with van der Waals surface area (Å²) in [6.45, 7) is 1.54. The number of thiazole rings is 2. The molecule has 28 heavy (non-hydrogen) atoms. The average Bonchev–Trinajstić information content (AvgIpc) is 3.30. The molecule has 0 fully saturated rings. The summed E-state index contributed by atoms with van der Waals surface area (Å²) in [7, 11) is 0. The summed E-state index contributed by atoms with van der Waals surface area (Å²) in [5.41, 5.74) is 2.07. The van der Waals surface area contributed by atoms with Gasteiger partial charge in [0.2, 0.25) is 0 Å². The number of anilines is 4. The number of nitrogens with zero attached hydrogens (tertiary/aromatic N) is 4. The van der Waals surface area contributed by atoms with E-state index in [0.29, 0.717) is 33.0 Å². The molecule has 1 aromatic carbocycles. The number of benzene rings is 1. The van der Waals surface area contributed by atoms with Crippen molar-refractivity contribution >= 4 is 60.8 Å². The third-order valence-electron chi connectivity index (χ3n) is 3.97. The van der Waals surface area contributed by atoms with E-state index in [-0.39, 0.29) is 12.3 Å². The third kappa shape index (κ3) is 3.50. The Bertz CT molecular complexity index is 1140. The maximum absolute atomic E-state index is 11.0. The molecule has 9 nitrogen and oxygen atoms in total. The molecular formula is C17H14N6O3S2. The second-order valence-corrected chi connectivity index (χ2v) is 7.63. The highest BCUT2D eigenvalue weighted by molar-refractivity contribution is 7.22. The summed E-state index contributed by atoms with van der Waals surface area (Å²) in [5, 5.41) is 35.6. The summed E-state index contributed by atoms with van der Waals surface area (Å²) in [6.07, 6.45) is 0. The van der Waals surface area contributed by atoms with Gasteiger partial charge in [0, 0.05) is 16.5 Å². The van der Waals surface area contributed by atoms with E-state index >= 15 is 0 Å². The number of aromatic nitrogens is 4. The van der Waals surface area contributed by atoms with Gasteiger partial charge in [-0.05, 0) is 19.1 Å². The van der Waals surface area contributed by atoms with Crippen LogP contribution in [-0.4, -0.2) is 36.3 Å². The van der Waals surface area contributed by atoms with Crippen molar-refractivity contribution in [3.8, 4) is 0 Å². The second kappa shape index (κ2) is 7.46. The molecule has 0 amide bonds. The maximum Gasteiger partial charge on any atom is 0.355 e. The van der Waals surface area contributed by atoms with Gasteiger partial charge in [-0.2, -0.15) is 0 Å². The van der Waals surface area contributed by atoms with E-state index in [2.05, 4.69) is 30.8 Å². The molecule has 0 saturated carbocycles. The number of carboxylic acid groups (broad SMARTS) is 1. The first-order valence-corrected chi connectivity index (χ1v) is 9.80. The van der Waals surface area contributed by atoms with Crippen molar-refractivity contribution < 1.29 is 15.0 Å². The van der Waals surface area contributed by atoms with E-state index in [0.717, 1.165) is 21.6 Å². The lowest BCUT2D eigenvalue weighted by Crippen LogP contribution is -2.07. The predicted octanol–water partition coefficient (Wildman–Crippen LogP) is 3.53. The Morgan fingerprint density at radius 1 is 1.11 bits per heavy atom. The zero-order valence-corrected chi connectivity index (χ0v) is 16.1. The first kappa shape index (κ1) is 18.2. The standard InChI is InChI=1S/C17H14N6O3S2/c1-8-9(6-24)14(21-16-19-11(7-27-16)15(25)26)23-22-13(8)20-17-18-10-4-2-3-5-12(10)28-17/h2-5,7,24H,6H2,1H3,(H,25,26)(H,18,20,22)(H,19,21,23). The van der Waals surface area contributed by atoms with E-state index in [1.807, 2.05) is 31.2 Å². The molecule has 4 aromatic rings. The van der Waals surface area contributed by atoms with Crippen LogP contribution in [0, 0.1) is 6.92 Å². The molecule has 3 aromatic heterocycles.